The van der Waals surface area contributed by atoms with Crippen molar-refractivity contribution in [2.24, 2.45) is 0 Å². The average molecular weight is 411 g/mol. The first-order chi connectivity index (χ1) is 14.6. The minimum absolute atomic E-state index is 0.105. The molecular formula is C21H25N5O4. The monoisotopic (exact) mass is 411 g/mol. The smallest absolute Gasteiger partial charge is 0.276 e. The highest BCUT2D eigenvalue weighted by atomic mass is 16.5. The molecule has 0 radical (unpaired) electrons. The van der Waals surface area contributed by atoms with E-state index in [1.165, 1.54) is 11.8 Å². The first-order valence-electron chi connectivity index (χ1n) is 9.35. The van der Waals surface area contributed by atoms with Gasteiger partial charge >= 0.3 is 0 Å². The number of benzene rings is 2. The molecule has 0 fully saturated rings. The van der Waals surface area contributed by atoms with Gasteiger partial charge in [0.25, 0.3) is 5.91 Å². The summed E-state index contributed by atoms with van der Waals surface area (Å²) in [4.78, 5) is 16.8. The van der Waals surface area contributed by atoms with Gasteiger partial charge in [-0.2, -0.15) is 9.67 Å². The molecule has 0 aliphatic heterocycles. The predicted molar refractivity (Wildman–Crippen MR) is 113 cm³/mol. The number of carbonyl (C=O) groups is 1. The van der Waals surface area contributed by atoms with Gasteiger partial charge in [-0.3, -0.25) is 4.79 Å². The summed E-state index contributed by atoms with van der Waals surface area (Å²) in [7, 11) is 4.70. The number of carbonyl (C=O) groups excluding carboxylic acids is 1. The van der Waals surface area contributed by atoms with E-state index in [1.54, 1.807) is 14.2 Å². The van der Waals surface area contributed by atoms with E-state index in [2.05, 4.69) is 20.7 Å². The second-order valence-electron chi connectivity index (χ2n) is 6.41. The summed E-state index contributed by atoms with van der Waals surface area (Å²) in [5.74, 6) is 1.85. The van der Waals surface area contributed by atoms with Gasteiger partial charge in [0.1, 0.15) is 18.1 Å². The van der Waals surface area contributed by atoms with Crippen LogP contribution in [0, 0.1) is 0 Å². The Labute approximate surface area is 175 Å². The standard InChI is InChI=1S/C21H25N5O4/c1-28-14-19(27)26-21(23-13-16-7-5-9-18(11-16)30-3)24-20(25-26)22-12-15-6-4-8-17(10-15)29-2/h4-11H,12-14H2,1-3H3,(H2,22,23,24,25). The van der Waals surface area contributed by atoms with Gasteiger partial charge in [0.15, 0.2) is 0 Å². The van der Waals surface area contributed by atoms with Gasteiger partial charge in [-0.1, -0.05) is 24.3 Å². The van der Waals surface area contributed by atoms with Crippen LogP contribution >= 0.6 is 0 Å². The van der Waals surface area contributed by atoms with Gasteiger partial charge in [-0.25, -0.2) is 0 Å². The van der Waals surface area contributed by atoms with Crippen molar-refractivity contribution < 1.29 is 19.0 Å². The van der Waals surface area contributed by atoms with Crippen LogP contribution in [0.5, 0.6) is 11.5 Å². The molecule has 1 heterocycles. The summed E-state index contributed by atoms with van der Waals surface area (Å²) in [5.41, 5.74) is 1.98. The van der Waals surface area contributed by atoms with E-state index >= 15 is 0 Å². The molecule has 9 nitrogen and oxygen atoms in total. The summed E-state index contributed by atoms with van der Waals surface area (Å²) in [5, 5.41) is 10.6. The molecular weight excluding hydrogens is 386 g/mol. The minimum atomic E-state index is -0.326. The molecule has 9 heteroatoms. The Morgan fingerprint density at radius 3 is 2.10 bits per heavy atom. The maximum absolute atomic E-state index is 12.4. The molecule has 0 unspecified atom stereocenters. The summed E-state index contributed by atoms with van der Waals surface area (Å²) >= 11 is 0. The van der Waals surface area contributed by atoms with E-state index in [1.807, 2.05) is 48.5 Å². The third-order valence-electron chi connectivity index (χ3n) is 4.28. The van der Waals surface area contributed by atoms with Crippen LogP contribution < -0.4 is 20.1 Å². The van der Waals surface area contributed by atoms with Gasteiger partial charge < -0.3 is 24.8 Å². The fourth-order valence-electron chi connectivity index (χ4n) is 2.79. The molecule has 158 valence electrons. The molecule has 3 aromatic rings. The third-order valence-corrected chi connectivity index (χ3v) is 4.28. The summed E-state index contributed by atoms with van der Waals surface area (Å²) in [6.07, 6.45) is 0. The lowest BCUT2D eigenvalue weighted by Gasteiger charge is -2.08. The van der Waals surface area contributed by atoms with Crippen molar-refractivity contribution in [1.29, 1.82) is 0 Å². The Kier molecular flexibility index (Phi) is 7.23. The lowest BCUT2D eigenvalue weighted by Crippen LogP contribution is -2.20. The van der Waals surface area contributed by atoms with Crippen LogP contribution in [-0.4, -0.2) is 48.6 Å². The van der Waals surface area contributed by atoms with Crippen LogP contribution in [-0.2, 0) is 17.8 Å². The predicted octanol–water partition coefficient (Wildman–Crippen LogP) is 2.81. The Balaban J connectivity index is 1.73. The van der Waals surface area contributed by atoms with Gasteiger partial charge in [0, 0.05) is 20.2 Å². The second-order valence-corrected chi connectivity index (χ2v) is 6.41. The van der Waals surface area contributed by atoms with Gasteiger partial charge in [0.2, 0.25) is 11.9 Å². The highest BCUT2D eigenvalue weighted by molar-refractivity contribution is 5.82. The number of methoxy groups -OCH3 is 3. The van der Waals surface area contributed by atoms with Crippen molar-refractivity contribution in [3.63, 3.8) is 0 Å². The molecule has 2 N–H and O–H groups in total. The number of anilines is 2. The fourth-order valence-corrected chi connectivity index (χ4v) is 2.79. The fraction of sp³-hybridized carbons (Fsp3) is 0.286. The quantitative estimate of drug-likeness (QED) is 0.525. The minimum Gasteiger partial charge on any atom is -0.497 e. The topological polar surface area (TPSA) is 99.5 Å². The van der Waals surface area contributed by atoms with E-state index < -0.39 is 0 Å². The number of hydrogen-bond acceptors (Lipinski definition) is 8. The van der Waals surface area contributed by atoms with Crippen LogP contribution in [0.3, 0.4) is 0 Å². The van der Waals surface area contributed by atoms with Crippen molar-refractivity contribution in [2.45, 2.75) is 13.1 Å². The summed E-state index contributed by atoms with van der Waals surface area (Å²) in [6.45, 7) is 0.826. The lowest BCUT2D eigenvalue weighted by atomic mass is 10.2. The zero-order chi connectivity index (χ0) is 21.3. The molecule has 1 aromatic heterocycles. The van der Waals surface area contributed by atoms with Crippen molar-refractivity contribution in [3.8, 4) is 11.5 Å². The summed E-state index contributed by atoms with van der Waals surface area (Å²) < 4.78 is 16.6. The molecule has 0 bridgehead atoms. The number of nitrogens with zero attached hydrogens (tertiary/aromatic N) is 3. The van der Waals surface area contributed by atoms with Gasteiger partial charge in [-0.05, 0) is 35.4 Å². The highest BCUT2D eigenvalue weighted by Gasteiger charge is 2.16. The van der Waals surface area contributed by atoms with Crippen LogP contribution in [0.4, 0.5) is 11.9 Å². The molecule has 0 saturated heterocycles. The normalized spacial score (nSPS) is 10.5. The Hall–Kier alpha value is -3.59. The molecule has 2 aromatic carbocycles. The van der Waals surface area contributed by atoms with E-state index in [0.717, 1.165) is 22.6 Å². The maximum Gasteiger partial charge on any atom is 0.276 e. The molecule has 0 spiro atoms. The van der Waals surface area contributed by atoms with Crippen molar-refractivity contribution in [3.05, 3.63) is 59.7 Å². The molecule has 0 aliphatic carbocycles. The van der Waals surface area contributed by atoms with Crippen molar-refractivity contribution in [1.82, 2.24) is 14.8 Å². The van der Waals surface area contributed by atoms with Crippen LogP contribution in [0.15, 0.2) is 48.5 Å². The molecule has 30 heavy (non-hydrogen) atoms. The van der Waals surface area contributed by atoms with Crippen LogP contribution in [0.1, 0.15) is 15.9 Å². The Morgan fingerprint density at radius 1 is 0.933 bits per heavy atom. The zero-order valence-corrected chi connectivity index (χ0v) is 17.2. The zero-order valence-electron chi connectivity index (χ0n) is 17.2. The van der Waals surface area contributed by atoms with Crippen molar-refractivity contribution >= 4 is 17.8 Å². The number of hydrogen-bond donors (Lipinski definition) is 2. The second kappa shape index (κ2) is 10.3. The van der Waals surface area contributed by atoms with E-state index in [-0.39, 0.29) is 12.5 Å². The van der Waals surface area contributed by atoms with Crippen LogP contribution in [0.2, 0.25) is 0 Å². The number of ether oxygens (including phenoxy) is 3. The van der Waals surface area contributed by atoms with E-state index in [4.69, 9.17) is 14.2 Å². The lowest BCUT2D eigenvalue weighted by molar-refractivity contribution is 0.0748. The maximum atomic E-state index is 12.4. The largest absolute Gasteiger partial charge is 0.497 e. The van der Waals surface area contributed by atoms with Gasteiger partial charge in [-0.15, -0.1) is 5.10 Å². The van der Waals surface area contributed by atoms with Crippen molar-refractivity contribution in [2.75, 3.05) is 38.6 Å². The molecule has 3 rings (SSSR count). The molecule has 0 amide bonds. The molecule has 0 aliphatic rings. The number of nitrogens with one attached hydrogen (secondary N) is 2. The van der Waals surface area contributed by atoms with E-state index in [0.29, 0.717) is 25.0 Å². The number of aromatic nitrogens is 3. The average Bonchev–Trinajstić information content (AvgIpc) is 3.20. The Morgan fingerprint density at radius 2 is 1.53 bits per heavy atom. The first kappa shape index (κ1) is 21.1. The summed E-state index contributed by atoms with van der Waals surface area (Å²) in [6, 6.07) is 15.3. The van der Waals surface area contributed by atoms with Crippen LogP contribution in [0.25, 0.3) is 0 Å². The van der Waals surface area contributed by atoms with Gasteiger partial charge in [0.05, 0.1) is 14.2 Å². The third kappa shape index (κ3) is 5.48. The highest BCUT2D eigenvalue weighted by Crippen LogP contribution is 2.17. The van der Waals surface area contributed by atoms with E-state index in [9.17, 15) is 4.79 Å². The Bertz CT molecular complexity index is 989. The first-order valence-corrected chi connectivity index (χ1v) is 9.35. The number of rotatable bonds is 10. The molecule has 0 saturated carbocycles. The SMILES string of the molecule is COCC(=O)n1nc(NCc2cccc(OC)c2)nc1NCc1cccc(OC)c1. The molecule has 0 atom stereocenters.